The van der Waals surface area contributed by atoms with E-state index < -0.39 is 5.41 Å². The van der Waals surface area contributed by atoms with Crippen molar-refractivity contribution in [2.24, 2.45) is 5.41 Å². The van der Waals surface area contributed by atoms with E-state index in [-0.39, 0.29) is 17.8 Å². The molecule has 1 fully saturated rings. The van der Waals surface area contributed by atoms with Gasteiger partial charge < -0.3 is 10.2 Å². The highest BCUT2D eigenvalue weighted by Gasteiger charge is 2.28. The van der Waals surface area contributed by atoms with Crippen molar-refractivity contribution in [3.63, 3.8) is 0 Å². The van der Waals surface area contributed by atoms with Crippen LogP contribution in [0.15, 0.2) is 6.33 Å². The summed E-state index contributed by atoms with van der Waals surface area (Å²) in [7, 11) is 0. The number of piperidine rings is 1. The normalized spacial score (nSPS) is 19.1. The van der Waals surface area contributed by atoms with Crippen LogP contribution in [-0.4, -0.2) is 35.0 Å². The molecule has 2 rings (SSSR count). The number of nitrogens with one attached hydrogen (secondary N) is 1. The third kappa shape index (κ3) is 3.72. The largest absolute Gasteiger partial charge is 0.352 e. The lowest BCUT2D eigenvalue weighted by Gasteiger charge is -2.35. The number of amides is 1. The first kappa shape index (κ1) is 16.6. The molecule has 0 saturated carbocycles. The van der Waals surface area contributed by atoms with Gasteiger partial charge in [-0.05, 0) is 19.3 Å². The first-order valence-corrected chi connectivity index (χ1v) is 7.88. The van der Waals surface area contributed by atoms with E-state index in [0.717, 1.165) is 19.4 Å². The van der Waals surface area contributed by atoms with Gasteiger partial charge in [-0.15, -0.1) is 0 Å². The van der Waals surface area contributed by atoms with Crippen molar-refractivity contribution in [1.82, 2.24) is 15.3 Å². The van der Waals surface area contributed by atoms with Crippen LogP contribution in [0.2, 0.25) is 0 Å². The van der Waals surface area contributed by atoms with Crippen LogP contribution >= 0.6 is 0 Å². The molecule has 1 aromatic heterocycles. The average molecular weight is 308 g/mol. The van der Waals surface area contributed by atoms with Gasteiger partial charge in [0.05, 0.1) is 5.69 Å². The molecule has 0 bridgehead atoms. The average Bonchev–Trinajstić information content (AvgIpc) is 2.47. The molecule has 1 aromatic rings. The van der Waals surface area contributed by atoms with Gasteiger partial charge in [0.1, 0.15) is 6.33 Å². The molecule has 1 N–H and O–H groups in total. The molecule has 5 nitrogen and oxygen atoms in total. The lowest BCUT2D eigenvalue weighted by Crippen LogP contribution is -2.50. The summed E-state index contributed by atoms with van der Waals surface area (Å²) >= 11 is 0. The first-order chi connectivity index (χ1) is 10.3. The fourth-order valence-corrected chi connectivity index (χ4v) is 2.55. The van der Waals surface area contributed by atoms with E-state index in [1.54, 1.807) is 0 Å². The second kappa shape index (κ2) is 6.58. The predicted octanol–water partition coefficient (Wildman–Crippen LogP) is 2.31. The lowest BCUT2D eigenvalue weighted by molar-refractivity contribution is -0.129. The minimum absolute atomic E-state index is 0.0248. The fourth-order valence-electron chi connectivity index (χ4n) is 2.55. The molecule has 0 aliphatic carbocycles. The van der Waals surface area contributed by atoms with Crippen molar-refractivity contribution < 1.29 is 9.18 Å². The third-order valence-corrected chi connectivity index (χ3v) is 3.92. The van der Waals surface area contributed by atoms with Crippen LogP contribution in [0.4, 0.5) is 10.2 Å². The SMILES string of the molecule is CCc1ncnc(N2CCCC(NC(=O)C(C)(C)C)C2)c1F. The second-order valence-electron chi connectivity index (χ2n) is 6.82. The zero-order valence-electron chi connectivity index (χ0n) is 13.8. The van der Waals surface area contributed by atoms with Crippen molar-refractivity contribution in [3.8, 4) is 0 Å². The van der Waals surface area contributed by atoms with Crippen LogP contribution in [0.3, 0.4) is 0 Å². The number of aromatic nitrogens is 2. The summed E-state index contributed by atoms with van der Waals surface area (Å²) < 4.78 is 14.4. The minimum Gasteiger partial charge on any atom is -0.352 e. The topological polar surface area (TPSA) is 58.1 Å². The highest BCUT2D eigenvalue weighted by Crippen LogP contribution is 2.23. The first-order valence-electron chi connectivity index (χ1n) is 7.88. The number of hydrogen-bond acceptors (Lipinski definition) is 4. The Kier molecular flexibility index (Phi) is 4.98. The summed E-state index contributed by atoms with van der Waals surface area (Å²) in [5.41, 5.74) is 0.0171. The summed E-state index contributed by atoms with van der Waals surface area (Å²) in [6.07, 6.45) is 3.76. The van der Waals surface area contributed by atoms with Gasteiger partial charge in [0.2, 0.25) is 5.91 Å². The molecular weight excluding hydrogens is 283 g/mol. The Morgan fingerprint density at radius 1 is 1.45 bits per heavy atom. The van der Waals surface area contributed by atoms with Gasteiger partial charge in [0.15, 0.2) is 11.6 Å². The van der Waals surface area contributed by atoms with E-state index in [1.165, 1.54) is 6.33 Å². The molecule has 122 valence electrons. The summed E-state index contributed by atoms with van der Waals surface area (Å²) in [6.45, 7) is 8.87. The number of anilines is 1. The number of carbonyl (C=O) groups excluding carboxylic acids is 1. The maximum atomic E-state index is 14.4. The summed E-state index contributed by atoms with van der Waals surface area (Å²) in [4.78, 5) is 22.1. The van der Waals surface area contributed by atoms with Crippen LogP contribution in [0.1, 0.15) is 46.2 Å². The predicted molar refractivity (Wildman–Crippen MR) is 84.2 cm³/mol. The molecule has 0 aromatic carbocycles. The zero-order chi connectivity index (χ0) is 16.3. The van der Waals surface area contributed by atoms with E-state index in [4.69, 9.17) is 0 Å². The second-order valence-corrected chi connectivity index (χ2v) is 6.82. The van der Waals surface area contributed by atoms with Gasteiger partial charge in [-0.2, -0.15) is 0 Å². The van der Waals surface area contributed by atoms with E-state index >= 15 is 0 Å². The van der Waals surface area contributed by atoms with Gasteiger partial charge in [-0.3, -0.25) is 4.79 Å². The van der Waals surface area contributed by atoms with Gasteiger partial charge in [0.25, 0.3) is 0 Å². The Balaban J connectivity index is 2.09. The summed E-state index contributed by atoms with van der Waals surface area (Å²) in [5, 5.41) is 3.06. The number of rotatable bonds is 3. The maximum Gasteiger partial charge on any atom is 0.225 e. The number of halogens is 1. The van der Waals surface area contributed by atoms with Gasteiger partial charge in [0, 0.05) is 24.5 Å². The molecule has 1 aliphatic rings. The Hall–Kier alpha value is -1.72. The van der Waals surface area contributed by atoms with E-state index in [0.29, 0.717) is 24.5 Å². The molecule has 6 heteroatoms. The fraction of sp³-hybridized carbons (Fsp3) is 0.688. The monoisotopic (exact) mass is 308 g/mol. The molecule has 22 heavy (non-hydrogen) atoms. The van der Waals surface area contributed by atoms with E-state index in [9.17, 15) is 9.18 Å². The smallest absolute Gasteiger partial charge is 0.225 e. The third-order valence-electron chi connectivity index (χ3n) is 3.92. The van der Waals surface area contributed by atoms with Gasteiger partial charge in [-0.1, -0.05) is 27.7 Å². The quantitative estimate of drug-likeness (QED) is 0.931. The number of hydrogen-bond donors (Lipinski definition) is 1. The zero-order valence-corrected chi connectivity index (χ0v) is 13.8. The van der Waals surface area contributed by atoms with Crippen molar-refractivity contribution in [3.05, 3.63) is 17.8 Å². The molecule has 0 spiro atoms. The van der Waals surface area contributed by atoms with Gasteiger partial charge >= 0.3 is 0 Å². The Morgan fingerprint density at radius 3 is 2.82 bits per heavy atom. The summed E-state index contributed by atoms with van der Waals surface area (Å²) in [5.74, 6) is 0.0334. The van der Waals surface area contributed by atoms with E-state index in [1.807, 2.05) is 32.6 Å². The summed E-state index contributed by atoms with van der Waals surface area (Å²) in [6, 6.07) is 0.0277. The molecule has 1 aliphatic heterocycles. The van der Waals surface area contributed by atoms with Crippen LogP contribution < -0.4 is 10.2 Å². The van der Waals surface area contributed by atoms with E-state index in [2.05, 4.69) is 15.3 Å². The number of aryl methyl sites for hydroxylation is 1. The molecule has 2 heterocycles. The minimum atomic E-state index is -0.419. The number of nitrogens with zero attached hydrogens (tertiary/aromatic N) is 3. The Labute approximate surface area is 131 Å². The van der Waals surface area contributed by atoms with Crippen LogP contribution in [0.25, 0.3) is 0 Å². The molecule has 0 radical (unpaired) electrons. The maximum absolute atomic E-state index is 14.4. The molecule has 1 amide bonds. The molecule has 1 atom stereocenters. The standard InChI is InChI=1S/C16H25FN4O/c1-5-12-13(17)14(19-10-18-12)21-8-6-7-11(9-21)20-15(22)16(2,3)4/h10-11H,5-9H2,1-4H3,(H,20,22). The lowest BCUT2D eigenvalue weighted by atomic mass is 9.94. The molecule has 1 unspecified atom stereocenters. The Morgan fingerprint density at radius 2 is 2.18 bits per heavy atom. The van der Waals surface area contributed by atoms with Crippen LogP contribution in [0.5, 0.6) is 0 Å². The van der Waals surface area contributed by atoms with Crippen molar-refractivity contribution >= 4 is 11.7 Å². The molecule has 1 saturated heterocycles. The van der Waals surface area contributed by atoms with Crippen molar-refractivity contribution in [2.75, 3.05) is 18.0 Å². The van der Waals surface area contributed by atoms with Crippen LogP contribution in [-0.2, 0) is 11.2 Å². The van der Waals surface area contributed by atoms with Crippen molar-refractivity contribution in [2.45, 2.75) is 53.0 Å². The van der Waals surface area contributed by atoms with Crippen molar-refractivity contribution in [1.29, 1.82) is 0 Å². The highest BCUT2D eigenvalue weighted by molar-refractivity contribution is 5.81. The Bertz CT molecular complexity index is 541. The molecular formula is C16H25FN4O. The van der Waals surface area contributed by atoms with Gasteiger partial charge in [-0.25, -0.2) is 14.4 Å². The number of carbonyl (C=O) groups is 1. The van der Waals surface area contributed by atoms with Crippen LogP contribution in [0, 0.1) is 11.2 Å². The highest BCUT2D eigenvalue weighted by atomic mass is 19.1.